The number of aromatic hydroxyl groups is 1. The Labute approximate surface area is 183 Å². The van der Waals surface area contributed by atoms with Crippen LogP contribution in [0.5, 0.6) is 5.88 Å². The van der Waals surface area contributed by atoms with E-state index in [2.05, 4.69) is 4.99 Å². The van der Waals surface area contributed by atoms with Crippen molar-refractivity contribution >= 4 is 46.5 Å². The fourth-order valence-corrected chi connectivity index (χ4v) is 4.22. The molecule has 6 nitrogen and oxygen atoms in total. The molecular weight excluding hydrogens is 412 g/mol. The second-order valence-corrected chi connectivity index (χ2v) is 7.87. The van der Waals surface area contributed by atoms with E-state index in [-0.39, 0.29) is 11.7 Å². The number of carbonyl (C=O) groups excluding carboxylic acids is 2. The Morgan fingerprint density at radius 3 is 2.81 bits per heavy atom. The molecule has 1 aliphatic carbocycles. The lowest BCUT2D eigenvalue weighted by Crippen LogP contribution is -2.09. The summed E-state index contributed by atoms with van der Waals surface area (Å²) >= 11 is 1.25. The number of carbonyl (C=O) groups is 2. The van der Waals surface area contributed by atoms with Crippen molar-refractivity contribution in [1.82, 2.24) is 4.57 Å². The molecule has 0 spiro atoms. The van der Waals surface area contributed by atoms with Gasteiger partial charge in [-0.05, 0) is 48.4 Å². The maximum absolute atomic E-state index is 12.5. The summed E-state index contributed by atoms with van der Waals surface area (Å²) in [5.74, 6) is -0.515. The number of rotatable bonds is 4. The molecule has 4 rings (SSSR count). The average Bonchev–Trinajstić information content (AvgIpc) is 3.04. The number of nitrogens with zero attached hydrogens (tertiary/aromatic N) is 2. The van der Waals surface area contributed by atoms with Gasteiger partial charge in [0, 0.05) is 12.6 Å². The Balaban J connectivity index is 1.76. The molecule has 1 heterocycles. The molecule has 156 valence electrons. The molecule has 7 heteroatoms. The van der Waals surface area contributed by atoms with E-state index in [0.717, 1.165) is 11.1 Å². The molecule has 1 aliphatic rings. The van der Waals surface area contributed by atoms with Gasteiger partial charge in [0.2, 0.25) is 5.88 Å². The van der Waals surface area contributed by atoms with E-state index in [0.29, 0.717) is 33.1 Å². The summed E-state index contributed by atoms with van der Waals surface area (Å²) in [7, 11) is 1.69. The van der Waals surface area contributed by atoms with Gasteiger partial charge in [-0.3, -0.25) is 9.36 Å². The quantitative estimate of drug-likeness (QED) is 0.491. The summed E-state index contributed by atoms with van der Waals surface area (Å²) < 4.78 is 6.58. The van der Waals surface area contributed by atoms with Crippen molar-refractivity contribution in [2.75, 3.05) is 6.61 Å². The summed E-state index contributed by atoms with van der Waals surface area (Å²) in [4.78, 5) is 30.1. The Hall–Kier alpha value is -3.71. The normalized spacial score (nSPS) is 14.7. The van der Waals surface area contributed by atoms with E-state index in [1.807, 2.05) is 24.3 Å². The first kappa shape index (κ1) is 20.6. The number of aromatic nitrogens is 1. The lowest BCUT2D eigenvalue weighted by Gasteiger charge is -2.12. The van der Waals surface area contributed by atoms with Gasteiger partial charge in [-0.1, -0.05) is 47.7 Å². The SMILES string of the molecule is CCOC(=O)c1cccc(N=c2sc(/C=C3\C(=O)C=Cc4ccccc43)c(O)n2C)c1. The summed E-state index contributed by atoms with van der Waals surface area (Å²) in [5, 5.41) is 10.6. The van der Waals surface area contributed by atoms with Crippen LogP contribution in [0.1, 0.15) is 33.3 Å². The molecule has 31 heavy (non-hydrogen) atoms. The first-order valence-corrected chi connectivity index (χ1v) is 10.5. The van der Waals surface area contributed by atoms with Crippen LogP contribution in [0.2, 0.25) is 0 Å². The number of hydrogen-bond acceptors (Lipinski definition) is 6. The molecule has 3 aromatic rings. The number of fused-ring (bicyclic) bond motifs is 1. The second kappa shape index (κ2) is 8.57. The molecule has 2 aromatic carbocycles. The summed E-state index contributed by atoms with van der Waals surface area (Å²) in [6.45, 7) is 2.05. The minimum atomic E-state index is -0.411. The smallest absolute Gasteiger partial charge is 0.338 e. The van der Waals surface area contributed by atoms with Gasteiger partial charge in [-0.2, -0.15) is 0 Å². The van der Waals surface area contributed by atoms with Gasteiger partial charge in [0.1, 0.15) is 0 Å². The number of allylic oxidation sites excluding steroid dienone is 2. The molecular formula is C24H20N2O4S. The van der Waals surface area contributed by atoms with Gasteiger partial charge < -0.3 is 9.84 Å². The van der Waals surface area contributed by atoms with Crippen LogP contribution in [0, 0.1) is 0 Å². The van der Waals surface area contributed by atoms with Crippen LogP contribution in [0.4, 0.5) is 5.69 Å². The van der Waals surface area contributed by atoms with E-state index in [9.17, 15) is 14.7 Å². The lowest BCUT2D eigenvalue weighted by atomic mass is 9.91. The van der Waals surface area contributed by atoms with Gasteiger partial charge in [0.05, 0.1) is 22.7 Å². The van der Waals surface area contributed by atoms with Gasteiger partial charge in [-0.15, -0.1) is 0 Å². The molecule has 0 saturated heterocycles. The average molecular weight is 433 g/mol. The van der Waals surface area contributed by atoms with Crippen molar-refractivity contribution in [3.8, 4) is 5.88 Å². The number of esters is 1. The van der Waals surface area contributed by atoms with E-state index in [1.165, 1.54) is 17.4 Å². The van der Waals surface area contributed by atoms with E-state index >= 15 is 0 Å². The maximum Gasteiger partial charge on any atom is 0.338 e. The summed E-state index contributed by atoms with van der Waals surface area (Å²) in [6.07, 6.45) is 5.02. The van der Waals surface area contributed by atoms with Crippen LogP contribution in [0.25, 0.3) is 17.7 Å². The van der Waals surface area contributed by atoms with Crippen molar-refractivity contribution in [3.63, 3.8) is 0 Å². The predicted octanol–water partition coefficient (Wildman–Crippen LogP) is 4.34. The van der Waals surface area contributed by atoms with Crippen molar-refractivity contribution < 1.29 is 19.4 Å². The van der Waals surface area contributed by atoms with Gasteiger partial charge in [0.25, 0.3) is 0 Å². The predicted molar refractivity (Wildman–Crippen MR) is 121 cm³/mol. The van der Waals surface area contributed by atoms with Crippen LogP contribution < -0.4 is 4.80 Å². The highest BCUT2D eigenvalue weighted by Gasteiger charge is 2.19. The van der Waals surface area contributed by atoms with E-state index < -0.39 is 5.97 Å². The monoisotopic (exact) mass is 432 g/mol. The van der Waals surface area contributed by atoms with Crippen LogP contribution >= 0.6 is 11.3 Å². The highest BCUT2D eigenvalue weighted by Crippen LogP contribution is 2.31. The third kappa shape index (κ3) is 4.13. The van der Waals surface area contributed by atoms with Crippen molar-refractivity contribution in [1.29, 1.82) is 0 Å². The van der Waals surface area contributed by atoms with Gasteiger partial charge in [0.15, 0.2) is 10.6 Å². The minimum absolute atomic E-state index is 0.0117. The fraction of sp³-hybridized carbons (Fsp3) is 0.125. The zero-order valence-corrected chi connectivity index (χ0v) is 17.8. The zero-order valence-electron chi connectivity index (χ0n) is 17.0. The fourth-order valence-electron chi connectivity index (χ4n) is 3.24. The van der Waals surface area contributed by atoms with Crippen LogP contribution in [-0.4, -0.2) is 28.0 Å². The molecule has 0 saturated carbocycles. The number of ether oxygens (including phenoxy) is 1. The first-order chi connectivity index (χ1) is 15.0. The second-order valence-electron chi connectivity index (χ2n) is 6.86. The van der Waals surface area contributed by atoms with Gasteiger partial charge in [-0.25, -0.2) is 9.79 Å². The van der Waals surface area contributed by atoms with E-state index in [1.54, 1.807) is 55.0 Å². The van der Waals surface area contributed by atoms with Crippen LogP contribution in [0.15, 0.2) is 59.6 Å². The molecule has 1 N–H and O–H groups in total. The van der Waals surface area contributed by atoms with Gasteiger partial charge >= 0.3 is 5.97 Å². The topological polar surface area (TPSA) is 80.9 Å². The molecule has 0 amide bonds. The molecule has 0 fully saturated rings. The summed E-state index contributed by atoms with van der Waals surface area (Å²) in [6, 6.07) is 14.4. The third-order valence-corrected chi connectivity index (χ3v) is 5.88. The number of ketones is 1. The molecule has 0 unspecified atom stereocenters. The zero-order chi connectivity index (χ0) is 22.0. The van der Waals surface area contributed by atoms with Crippen molar-refractivity contribution in [3.05, 3.63) is 81.0 Å². The molecule has 1 aromatic heterocycles. The standard InChI is InChI=1S/C24H20N2O4S/c1-3-30-23(29)16-8-6-9-17(13-16)25-24-26(2)22(28)21(31-24)14-19-18-10-5-4-7-15(18)11-12-20(19)27/h4-14,28H,3H2,1-2H3/b19-14-,25-24?. The summed E-state index contributed by atoms with van der Waals surface area (Å²) in [5.41, 5.74) is 3.26. The molecule has 0 aliphatic heterocycles. The maximum atomic E-state index is 12.5. The lowest BCUT2D eigenvalue weighted by molar-refractivity contribution is -0.109. The van der Waals surface area contributed by atoms with Crippen LogP contribution in [-0.2, 0) is 16.6 Å². The van der Waals surface area contributed by atoms with E-state index in [4.69, 9.17) is 4.74 Å². The Kier molecular flexibility index (Phi) is 5.68. The van der Waals surface area contributed by atoms with Crippen molar-refractivity contribution in [2.24, 2.45) is 12.0 Å². The minimum Gasteiger partial charge on any atom is -0.493 e. The highest BCUT2D eigenvalue weighted by atomic mass is 32.1. The third-order valence-electron chi connectivity index (χ3n) is 4.81. The largest absolute Gasteiger partial charge is 0.493 e. The molecule has 0 radical (unpaired) electrons. The number of hydrogen-bond donors (Lipinski definition) is 1. The number of benzene rings is 2. The molecule has 0 bridgehead atoms. The van der Waals surface area contributed by atoms with Crippen LogP contribution in [0.3, 0.4) is 0 Å². The Morgan fingerprint density at radius 1 is 1.19 bits per heavy atom. The Morgan fingerprint density at radius 2 is 2.00 bits per heavy atom. The first-order valence-electron chi connectivity index (χ1n) is 9.72. The molecule has 0 atom stereocenters. The highest BCUT2D eigenvalue weighted by molar-refractivity contribution is 7.10. The van der Waals surface area contributed by atoms with Crippen molar-refractivity contribution in [2.45, 2.75) is 6.92 Å². The Bertz CT molecular complexity index is 1310. The number of thiazole rings is 1.